The summed E-state index contributed by atoms with van der Waals surface area (Å²) in [6.07, 6.45) is 0. The van der Waals surface area contributed by atoms with Gasteiger partial charge in [0.1, 0.15) is 6.54 Å². The number of anilines is 2. The lowest BCUT2D eigenvalue weighted by atomic mass is 10.1. The maximum Gasteiger partial charge on any atom is 0.253 e. The van der Waals surface area contributed by atoms with Crippen LogP contribution in [0.1, 0.15) is 11.1 Å². The number of aryl methyl sites for hydroxylation is 2. The molecule has 1 saturated heterocycles. The molecule has 0 radical (unpaired) electrons. The standard InChI is InChI=1S/C17H16N2OS/c1-12-8-9-15(13(2)10-12)18-11-16(20)19(17(18)21)14-6-4-3-5-7-14/h3-10H,11H2,1-2H3. The number of rotatable bonds is 2. The Balaban J connectivity index is 1.97. The Morgan fingerprint density at radius 3 is 2.43 bits per heavy atom. The highest BCUT2D eigenvalue weighted by molar-refractivity contribution is 7.81. The third-order valence-corrected chi connectivity index (χ3v) is 4.03. The summed E-state index contributed by atoms with van der Waals surface area (Å²) in [4.78, 5) is 15.9. The van der Waals surface area contributed by atoms with E-state index < -0.39 is 0 Å². The van der Waals surface area contributed by atoms with Gasteiger partial charge in [0.05, 0.1) is 5.69 Å². The number of nitrogens with zero attached hydrogens (tertiary/aromatic N) is 2. The summed E-state index contributed by atoms with van der Waals surface area (Å²) in [6.45, 7) is 4.39. The van der Waals surface area contributed by atoms with E-state index in [-0.39, 0.29) is 12.5 Å². The molecule has 3 nitrogen and oxygen atoms in total. The predicted octanol–water partition coefficient (Wildman–Crippen LogP) is 3.44. The summed E-state index contributed by atoms with van der Waals surface area (Å²) >= 11 is 5.53. The zero-order valence-electron chi connectivity index (χ0n) is 12.0. The monoisotopic (exact) mass is 296 g/mol. The molecule has 106 valence electrons. The first kappa shape index (κ1) is 13.8. The van der Waals surface area contributed by atoms with Crippen LogP contribution in [0.4, 0.5) is 11.4 Å². The summed E-state index contributed by atoms with van der Waals surface area (Å²) in [6, 6.07) is 15.7. The second-order valence-electron chi connectivity index (χ2n) is 5.22. The van der Waals surface area contributed by atoms with Gasteiger partial charge in [0.25, 0.3) is 5.91 Å². The number of hydrogen-bond acceptors (Lipinski definition) is 2. The quantitative estimate of drug-likeness (QED) is 0.793. The van der Waals surface area contributed by atoms with E-state index in [1.807, 2.05) is 54.3 Å². The summed E-state index contributed by atoms with van der Waals surface area (Å²) in [5.41, 5.74) is 4.14. The predicted molar refractivity (Wildman–Crippen MR) is 89.8 cm³/mol. The minimum atomic E-state index is 0.00572. The maximum atomic E-state index is 12.3. The van der Waals surface area contributed by atoms with Crippen molar-refractivity contribution in [2.75, 3.05) is 16.3 Å². The third-order valence-electron chi connectivity index (χ3n) is 3.62. The van der Waals surface area contributed by atoms with Crippen LogP contribution in [0.3, 0.4) is 0 Å². The highest BCUT2D eigenvalue weighted by Crippen LogP contribution is 2.28. The van der Waals surface area contributed by atoms with Crippen LogP contribution in [0, 0.1) is 13.8 Å². The third kappa shape index (κ3) is 2.43. The lowest BCUT2D eigenvalue weighted by molar-refractivity contribution is -0.115. The van der Waals surface area contributed by atoms with Crippen molar-refractivity contribution in [3.8, 4) is 0 Å². The zero-order valence-corrected chi connectivity index (χ0v) is 12.9. The van der Waals surface area contributed by atoms with Crippen molar-refractivity contribution in [2.45, 2.75) is 13.8 Å². The first-order valence-electron chi connectivity index (χ1n) is 6.84. The van der Waals surface area contributed by atoms with E-state index in [1.165, 1.54) is 5.56 Å². The molecule has 0 unspecified atom stereocenters. The van der Waals surface area contributed by atoms with E-state index in [9.17, 15) is 4.79 Å². The van der Waals surface area contributed by atoms with Crippen LogP contribution in [-0.2, 0) is 4.79 Å². The van der Waals surface area contributed by atoms with E-state index in [1.54, 1.807) is 4.90 Å². The molecular formula is C17H16N2OS. The number of thiocarbonyl (C=S) groups is 1. The van der Waals surface area contributed by atoms with E-state index in [0.717, 1.165) is 16.9 Å². The normalized spacial score (nSPS) is 15.0. The Morgan fingerprint density at radius 1 is 1.05 bits per heavy atom. The Kier molecular flexibility index (Phi) is 3.47. The van der Waals surface area contributed by atoms with E-state index in [2.05, 4.69) is 13.0 Å². The number of carbonyl (C=O) groups excluding carboxylic acids is 1. The van der Waals surface area contributed by atoms with Gasteiger partial charge in [0.15, 0.2) is 5.11 Å². The summed E-state index contributed by atoms with van der Waals surface area (Å²) in [5, 5.41) is 0.540. The summed E-state index contributed by atoms with van der Waals surface area (Å²) < 4.78 is 0. The molecule has 2 aromatic carbocycles. The Morgan fingerprint density at radius 2 is 1.76 bits per heavy atom. The van der Waals surface area contributed by atoms with Crippen LogP contribution >= 0.6 is 12.2 Å². The molecule has 1 aliphatic heterocycles. The smallest absolute Gasteiger partial charge is 0.253 e. The van der Waals surface area contributed by atoms with Gasteiger partial charge >= 0.3 is 0 Å². The molecule has 4 heteroatoms. The lowest BCUT2D eigenvalue weighted by Gasteiger charge is -2.22. The molecule has 3 rings (SSSR count). The molecule has 0 saturated carbocycles. The second kappa shape index (κ2) is 5.30. The van der Waals surface area contributed by atoms with Crippen molar-refractivity contribution < 1.29 is 4.79 Å². The number of para-hydroxylation sites is 1. The molecule has 1 aliphatic rings. The minimum absolute atomic E-state index is 0.00572. The van der Waals surface area contributed by atoms with Crippen molar-refractivity contribution in [2.24, 2.45) is 0 Å². The fraction of sp³-hybridized carbons (Fsp3) is 0.176. The highest BCUT2D eigenvalue weighted by atomic mass is 32.1. The van der Waals surface area contributed by atoms with Gasteiger partial charge in [-0.3, -0.25) is 9.69 Å². The van der Waals surface area contributed by atoms with Crippen molar-refractivity contribution in [1.29, 1.82) is 0 Å². The van der Waals surface area contributed by atoms with Gasteiger partial charge in [-0.05, 0) is 49.8 Å². The van der Waals surface area contributed by atoms with E-state index in [0.29, 0.717) is 5.11 Å². The van der Waals surface area contributed by atoms with Crippen molar-refractivity contribution in [1.82, 2.24) is 0 Å². The van der Waals surface area contributed by atoms with Gasteiger partial charge < -0.3 is 4.90 Å². The lowest BCUT2D eigenvalue weighted by Crippen LogP contribution is -2.32. The number of amides is 1. The molecule has 21 heavy (non-hydrogen) atoms. The van der Waals surface area contributed by atoms with Crippen molar-refractivity contribution in [3.63, 3.8) is 0 Å². The van der Waals surface area contributed by atoms with Crippen molar-refractivity contribution >= 4 is 34.6 Å². The Bertz CT molecular complexity index is 712. The van der Waals surface area contributed by atoms with Crippen LogP contribution in [0.15, 0.2) is 48.5 Å². The molecule has 0 spiro atoms. The molecular weight excluding hydrogens is 280 g/mol. The average molecular weight is 296 g/mol. The molecule has 1 amide bonds. The molecule has 2 aromatic rings. The van der Waals surface area contributed by atoms with Gasteiger partial charge in [-0.1, -0.05) is 35.9 Å². The van der Waals surface area contributed by atoms with Crippen LogP contribution in [0.5, 0.6) is 0 Å². The molecule has 0 aliphatic carbocycles. The molecule has 0 N–H and O–H groups in total. The van der Waals surface area contributed by atoms with Crippen LogP contribution < -0.4 is 9.80 Å². The molecule has 0 bridgehead atoms. The van der Waals surface area contributed by atoms with Crippen LogP contribution in [-0.4, -0.2) is 17.6 Å². The average Bonchev–Trinajstić information content (AvgIpc) is 2.75. The molecule has 1 heterocycles. The van der Waals surface area contributed by atoms with E-state index >= 15 is 0 Å². The van der Waals surface area contributed by atoms with E-state index in [4.69, 9.17) is 12.2 Å². The first-order chi connectivity index (χ1) is 10.1. The Labute approximate surface area is 129 Å². The van der Waals surface area contributed by atoms with Gasteiger partial charge in [-0.25, -0.2) is 0 Å². The molecule has 1 fully saturated rings. The number of carbonyl (C=O) groups is 1. The summed E-state index contributed by atoms with van der Waals surface area (Å²) in [5.74, 6) is 0.00572. The minimum Gasteiger partial charge on any atom is -0.309 e. The maximum absolute atomic E-state index is 12.3. The van der Waals surface area contributed by atoms with Gasteiger partial charge in [0.2, 0.25) is 0 Å². The topological polar surface area (TPSA) is 23.6 Å². The van der Waals surface area contributed by atoms with Crippen LogP contribution in [0.2, 0.25) is 0 Å². The number of hydrogen-bond donors (Lipinski definition) is 0. The van der Waals surface area contributed by atoms with Gasteiger partial charge in [-0.2, -0.15) is 0 Å². The fourth-order valence-corrected chi connectivity index (χ4v) is 3.00. The summed E-state index contributed by atoms with van der Waals surface area (Å²) in [7, 11) is 0. The number of benzene rings is 2. The van der Waals surface area contributed by atoms with Gasteiger partial charge in [-0.15, -0.1) is 0 Å². The first-order valence-corrected chi connectivity index (χ1v) is 7.25. The van der Waals surface area contributed by atoms with Crippen LogP contribution in [0.25, 0.3) is 0 Å². The molecule has 0 aromatic heterocycles. The fourth-order valence-electron chi connectivity index (χ4n) is 2.63. The second-order valence-corrected chi connectivity index (χ2v) is 5.59. The Hall–Kier alpha value is -2.20. The highest BCUT2D eigenvalue weighted by Gasteiger charge is 2.35. The molecule has 0 atom stereocenters. The SMILES string of the molecule is Cc1ccc(N2CC(=O)N(c3ccccc3)C2=S)c(C)c1. The zero-order chi connectivity index (χ0) is 15.0. The van der Waals surface area contributed by atoms with Crippen molar-refractivity contribution in [3.05, 3.63) is 59.7 Å². The van der Waals surface area contributed by atoms with Gasteiger partial charge in [0, 0.05) is 5.69 Å². The largest absolute Gasteiger partial charge is 0.309 e.